The molecule has 16 heavy (non-hydrogen) atoms. The highest BCUT2D eigenvalue weighted by molar-refractivity contribution is 5.11. The van der Waals surface area contributed by atoms with E-state index in [1.165, 1.54) is 12.8 Å². The molecule has 0 radical (unpaired) electrons. The minimum atomic E-state index is -0.106. The minimum absolute atomic E-state index is 0.106. The predicted octanol–water partition coefficient (Wildman–Crippen LogP) is 1.70. The summed E-state index contributed by atoms with van der Waals surface area (Å²) in [5, 5.41) is 3.32. The second-order valence-corrected chi connectivity index (χ2v) is 4.33. The maximum atomic E-state index is 5.78. The first-order chi connectivity index (χ1) is 7.82. The highest BCUT2D eigenvalue weighted by Gasteiger charge is 2.42. The molecular weight excluding hydrogens is 202 g/mol. The Balaban J connectivity index is 2.28. The SMILES string of the molecule is CNC(c1cnccn1)C1(OC)CCCC1. The third kappa shape index (κ3) is 1.95. The van der Waals surface area contributed by atoms with Gasteiger partial charge in [0, 0.05) is 19.5 Å². The summed E-state index contributed by atoms with van der Waals surface area (Å²) in [7, 11) is 3.75. The summed E-state index contributed by atoms with van der Waals surface area (Å²) in [5.74, 6) is 0. The van der Waals surface area contributed by atoms with Crippen LogP contribution in [-0.4, -0.2) is 29.7 Å². The van der Waals surface area contributed by atoms with Crippen LogP contribution in [0.5, 0.6) is 0 Å². The molecule has 0 aromatic carbocycles. The van der Waals surface area contributed by atoms with Crippen LogP contribution < -0.4 is 5.32 Å². The van der Waals surface area contributed by atoms with Crippen LogP contribution in [0.25, 0.3) is 0 Å². The van der Waals surface area contributed by atoms with E-state index in [-0.39, 0.29) is 11.6 Å². The number of methoxy groups -OCH3 is 1. The molecule has 1 aromatic heterocycles. The van der Waals surface area contributed by atoms with Crippen molar-refractivity contribution in [2.24, 2.45) is 0 Å². The molecule has 4 heteroatoms. The molecule has 1 aliphatic rings. The summed E-state index contributed by atoms with van der Waals surface area (Å²) in [5.41, 5.74) is 0.860. The average Bonchev–Trinajstić information content (AvgIpc) is 2.81. The molecule has 1 unspecified atom stereocenters. The first kappa shape index (κ1) is 11.5. The van der Waals surface area contributed by atoms with Crippen molar-refractivity contribution < 1.29 is 4.74 Å². The third-order valence-corrected chi connectivity index (χ3v) is 3.55. The molecule has 1 fully saturated rings. The first-order valence-electron chi connectivity index (χ1n) is 5.81. The van der Waals surface area contributed by atoms with Crippen LogP contribution in [0.1, 0.15) is 37.4 Å². The zero-order chi connectivity index (χ0) is 11.4. The average molecular weight is 221 g/mol. The zero-order valence-corrected chi connectivity index (χ0v) is 9.94. The second-order valence-electron chi connectivity index (χ2n) is 4.33. The Morgan fingerprint density at radius 2 is 2.12 bits per heavy atom. The first-order valence-corrected chi connectivity index (χ1v) is 5.81. The van der Waals surface area contributed by atoms with Gasteiger partial charge in [0.2, 0.25) is 0 Å². The fourth-order valence-corrected chi connectivity index (χ4v) is 2.72. The lowest BCUT2D eigenvalue weighted by molar-refractivity contribution is -0.0360. The van der Waals surface area contributed by atoms with Gasteiger partial charge >= 0.3 is 0 Å². The Kier molecular flexibility index (Phi) is 3.51. The number of ether oxygens (including phenoxy) is 1. The van der Waals surface area contributed by atoms with Gasteiger partial charge in [0.1, 0.15) is 0 Å². The van der Waals surface area contributed by atoms with Crippen molar-refractivity contribution in [2.45, 2.75) is 37.3 Å². The van der Waals surface area contributed by atoms with Crippen LogP contribution in [0.4, 0.5) is 0 Å². The second kappa shape index (κ2) is 4.89. The summed E-state index contributed by atoms with van der Waals surface area (Å²) < 4.78 is 5.78. The molecule has 0 amide bonds. The molecule has 1 atom stereocenters. The smallest absolute Gasteiger partial charge is 0.0888 e. The summed E-state index contributed by atoms with van der Waals surface area (Å²) in [4.78, 5) is 8.51. The lowest BCUT2D eigenvalue weighted by Gasteiger charge is -2.35. The number of hydrogen-bond acceptors (Lipinski definition) is 4. The van der Waals surface area contributed by atoms with E-state index in [0.29, 0.717) is 0 Å². The van der Waals surface area contributed by atoms with Crippen LogP contribution in [-0.2, 0) is 4.74 Å². The van der Waals surface area contributed by atoms with Gasteiger partial charge in [0.15, 0.2) is 0 Å². The number of likely N-dealkylation sites (N-methyl/N-ethyl adjacent to an activating group) is 1. The lowest BCUT2D eigenvalue weighted by atomic mass is 9.90. The molecule has 2 rings (SSSR count). The highest BCUT2D eigenvalue weighted by atomic mass is 16.5. The Morgan fingerprint density at radius 3 is 2.62 bits per heavy atom. The van der Waals surface area contributed by atoms with E-state index in [1.807, 2.05) is 13.2 Å². The molecule has 0 aliphatic heterocycles. The quantitative estimate of drug-likeness (QED) is 0.840. The number of rotatable bonds is 4. The molecule has 1 aliphatic carbocycles. The van der Waals surface area contributed by atoms with Gasteiger partial charge in [-0.3, -0.25) is 9.97 Å². The Labute approximate surface area is 96.4 Å². The van der Waals surface area contributed by atoms with Crippen molar-refractivity contribution in [1.29, 1.82) is 0 Å². The normalized spacial score (nSPS) is 20.9. The fourth-order valence-electron chi connectivity index (χ4n) is 2.72. The van der Waals surface area contributed by atoms with Gasteiger partial charge in [0.05, 0.1) is 23.5 Å². The van der Waals surface area contributed by atoms with Crippen LogP contribution in [0, 0.1) is 0 Å². The Bertz CT molecular complexity index is 322. The van der Waals surface area contributed by atoms with E-state index < -0.39 is 0 Å². The molecule has 1 N–H and O–H groups in total. The van der Waals surface area contributed by atoms with Crippen LogP contribution >= 0.6 is 0 Å². The molecule has 88 valence electrons. The van der Waals surface area contributed by atoms with Crippen LogP contribution in [0.15, 0.2) is 18.6 Å². The van der Waals surface area contributed by atoms with E-state index in [2.05, 4.69) is 15.3 Å². The Morgan fingerprint density at radius 1 is 1.38 bits per heavy atom. The van der Waals surface area contributed by atoms with Crippen LogP contribution in [0.3, 0.4) is 0 Å². The summed E-state index contributed by atoms with van der Waals surface area (Å²) in [6.07, 6.45) is 9.89. The van der Waals surface area contributed by atoms with Crippen molar-refractivity contribution >= 4 is 0 Å². The van der Waals surface area contributed by atoms with E-state index in [1.54, 1.807) is 19.5 Å². The molecule has 1 heterocycles. The van der Waals surface area contributed by atoms with Gasteiger partial charge in [-0.05, 0) is 19.9 Å². The number of nitrogens with one attached hydrogen (secondary N) is 1. The maximum absolute atomic E-state index is 5.78. The van der Waals surface area contributed by atoms with E-state index in [9.17, 15) is 0 Å². The highest BCUT2D eigenvalue weighted by Crippen LogP contribution is 2.41. The largest absolute Gasteiger partial charge is 0.376 e. The van der Waals surface area contributed by atoms with Crippen molar-refractivity contribution in [3.05, 3.63) is 24.3 Å². The van der Waals surface area contributed by atoms with Crippen molar-refractivity contribution in [3.8, 4) is 0 Å². The van der Waals surface area contributed by atoms with E-state index in [0.717, 1.165) is 18.5 Å². The fraction of sp³-hybridized carbons (Fsp3) is 0.667. The van der Waals surface area contributed by atoms with Gasteiger partial charge in [0.25, 0.3) is 0 Å². The summed E-state index contributed by atoms with van der Waals surface area (Å²) in [6, 6.07) is 0.133. The molecule has 0 spiro atoms. The van der Waals surface area contributed by atoms with E-state index >= 15 is 0 Å². The van der Waals surface area contributed by atoms with Crippen molar-refractivity contribution in [3.63, 3.8) is 0 Å². The third-order valence-electron chi connectivity index (χ3n) is 3.55. The summed E-state index contributed by atoms with van der Waals surface area (Å²) >= 11 is 0. The summed E-state index contributed by atoms with van der Waals surface area (Å²) in [6.45, 7) is 0. The number of hydrogen-bond donors (Lipinski definition) is 1. The number of aromatic nitrogens is 2. The van der Waals surface area contributed by atoms with Crippen molar-refractivity contribution in [2.75, 3.05) is 14.2 Å². The molecule has 0 saturated heterocycles. The van der Waals surface area contributed by atoms with Gasteiger partial charge in [-0.2, -0.15) is 0 Å². The molecular formula is C12H19N3O. The van der Waals surface area contributed by atoms with Gasteiger partial charge in [-0.15, -0.1) is 0 Å². The van der Waals surface area contributed by atoms with Gasteiger partial charge in [-0.1, -0.05) is 12.8 Å². The van der Waals surface area contributed by atoms with Crippen molar-refractivity contribution in [1.82, 2.24) is 15.3 Å². The van der Waals surface area contributed by atoms with E-state index in [4.69, 9.17) is 4.74 Å². The molecule has 1 aromatic rings. The maximum Gasteiger partial charge on any atom is 0.0888 e. The topological polar surface area (TPSA) is 47.0 Å². The van der Waals surface area contributed by atoms with Crippen LogP contribution in [0.2, 0.25) is 0 Å². The monoisotopic (exact) mass is 221 g/mol. The minimum Gasteiger partial charge on any atom is -0.376 e. The lowest BCUT2D eigenvalue weighted by Crippen LogP contribution is -2.42. The zero-order valence-electron chi connectivity index (χ0n) is 9.94. The predicted molar refractivity (Wildman–Crippen MR) is 62.0 cm³/mol. The molecule has 4 nitrogen and oxygen atoms in total. The molecule has 0 bridgehead atoms. The molecule has 1 saturated carbocycles. The Hall–Kier alpha value is -1.00. The number of nitrogens with zero attached hydrogens (tertiary/aromatic N) is 2. The van der Waals surface area contributed by atoms with Gasteiger partial charge in [-0.25, -0.2) is 0 Å². The van der Waals surface area contributed by atoms with Gasteiger partial charge < -0.3 is 10.1 Å². The standard InChI is InChI=1S/C12H19N3O/c1-13-11(10-9-14-7-8-15-10)12(16-2)5-3-4-6-12/h7-9,11,13H,3-6H2,1-2H3.